The van der Waals surface area contributed by atoms with Crippen LogP contribution >= 0.6 is 0 Å². The topological polar surface area (TPSA) is 63.2 Å². The fourth-order valence-corrected chi connectivity index (χ4v) is 2.87. The van der Waals surface area contributed by atoms with Crippen molar-refractivity contribution in [2.75, 3.05) is 7.11 Å². The fraction of sp³-hybridized carbons (Fsp3) is 0.0500. The molecule has 0 unspecified atom stereocenters. The minimum Gasteiger partial charge on any atom is -0.478 e. The highest BCUT2D eigenvalue weighted by Gasteiger charge is 2.18. The predicted octanol–water partition coefficient (Wildman–Crippen LogP) is 3.94. The van der Waals surface area contributed by atoms with Crippen molar-refractivity contribution in [3.8, 4) is 34.5 Å². The Morgan fingerprint density at radius 1 is 1.00 bits per heavy atom. The zero-order chi connectivity index (χ0) is 17.2. The Morgan fingerprint density at radius 2 is 1.76 bits per heavy atom. The number of hydrogen-bond acceptors (Lipinski definition) is 4. The molecule has 2 heterocycles. The van der Waals surface area contributed by atoms with Crippen LogP contribution in [-0.2, 0) is 0 Å². The number of fused-ring (bicyclic) bond motifs is 1. The van der Waals surface area contributed by atoms with Crippen LogP contribution in [-0.4, -0.2) is 21.5 Å². The van der Waals surface area contributed by atoms with Crippen LogP contribution in [0.4, 0.5) is 0 Å². The molecule has 0 spiro atoms. The van der Waals surface area contributed by atoms with Crippen molar-refractivity contribution in [2.45, 2.75) is 0 Å². The average molecular weight is 326 g/mol. The zero-order valence-electron chi connectivity index (χ0n) is 13.5. The van der Waals surface area contributed by atoms with E-state index in [9.17, 15) is 0 Å². The van der Waals surface area contributed by atoms with Gasteiger partial charge in [-0.3, -0.25) is 4.40 Å². The van der Waals surface area contributed by atoms with Gasteiger partial charge in [-0.05, 0) is 12.1 Å². The van der Waals surface area contributed by atoms with E-state index in [0.717, 1.165) is 22.5 Å². The summed E-state index contributed by atoms with van der Waals surface area (Å²) >= 11 is 0. The number of hydrogen-bond donors (Lipinski definition) is 0. The van der Waals surface area contributed by atoms with E-state index in [1.165, 1.54) is 0 Å². The lowest BCUT2D eigenvalue weighted by molar-refractivity contribution is 0.401. The second-order valence-corrected chi connectivity index (χ2v) is 5.49. The van der Waals surface area contributed by atoms with E-state index in [-0.39, 0.29) is 0 Å². The van der Waals surface area contributed by atoms with Gasteiger partial charge < -0.3 is 4.74 Å². The van der Waals surface area contributed by atoms with Crippen LogP contribution in [0.1, 0.15) is 5.56 Å². The number of benzene rings is 2. The standard InChI is InChI=1S/C20H14N4O/c1-25-20-19-22-11-12-24(19)18(16-5-3-2-4-6-16)17(23-20)15-9-7-14(13-21)8-10-15/h2-12H,1H3. The van der Waals surface area contributed by atoms with Crippen molar-refractivity contribution < 1.29 is 4.74 Å². The number of rotatable bonds is 3. The van der Waals surface area contributed by atoms with Gasteiger partial charge in [-0.25, -0.2) is 9.97 Å². The van der Waals surface area contributed by atoms with Gasteiger partial charge in [0.15, 0.2) is 0 Å². The largest absolute Gasteiger partial charge is 0.478 e. The molecule has 5 heteroatoms. The molecule has 0 aliphatic heterocycles. The number of methoxy groups -OCH3 is 1. The normalized spacial score (nSPS) is 10.6. The van der Waals surface area contributed by atoms with E-state index in [1.54, 1.807) is 25.4 Å². The second kappa shape index (κ2) is 6.10. The highest BCUT2D eigenvalue weighted by molar-refractivity contribution is 5.81. The lowest BCUT2D eigenvalue weighted by Gasteiger charge is -2.14. The molecule has 4 rings (SSSR count). The number of imidazole rings is 1. The third-order valence-electron chi connectivity index (χ3n) is 4.04. The summed E-state index contributed by atoms with van der Waals surface area (Å²) in [7, 11) is 1.59. The van der Waals surface area contributed by atoms with E-state index in [4.69, 9.17) is 15.0 Å². The molecule has 0 bridgehead atoms. The molecule has 120 valence electrons. The Hall–Kier alpha value is -3.65. The van der Waals surface area contributed by atoms with Gasteiger partial charge in [-0.15, -0.1) is 0 Å². The molecule has 25 heavy (non-hydrogen) atoms. The maximum atomic E-state index is 9.03. The van der Waals surface area contributed by atoms with Crippen LogP contribution in [0, 0.1) is 11.3 Å². The van der Waals surface area contributed by atoms with E-state index in [0.29, 0.717) is 17.1 Å². The zero-order valence-corrected chi connectivity index (χ0v) is 13.5. The molecule has 0 radical (unpaired) electrons. The summed E-state index contributed by atoms with van der Waals surface area (Å²) in [6.07, 6.45) is 3.63. The molecule has 0 saturated heterocycles. The molecule has 2 aromatic heterocycles. The first kappa shape index (κ1) is 14.9. The molecule has 0 aliphatic rings. The van der Waals surface area contributed by atoms with E-state index in [1.807, 2.05) is 53.1 Å². The number of nitriles is 1. The molecule has 0 N–H and O–H groups in total. The first-order valence-corrected chi connectivity index (χ1v) is 7.79. The molecular weight excluding hydrogens is 312 g/mol. The fourth-order valence-electron chi connectivity index (χ4n) is 2.87. The van der Waals surface area contributed by atoms with Gasteiger partial charge in [0.05, 0.1) is 30.1 Å². The van der Waals surface area contributed by atoms with Crippen molar-refractivity contribution in [1.82, 2.24) is 14.4 Å². The van der Waals surface area contributed by atoms with Gasteiger partial charge in [0, 0.05) is 23.5 Å². The first-order valence-electron chi connectivity index (χ1n) is 7.79. The molecule has 0 aliphatic carbocycles. The summed E-state index contributed by atoms with van der Waals surface area (Å²) in [6.45, 7) is 0. The summed E-state index contributed by atoms with van der Waals surface area (Å²) in [5.41, 5.74) is 4.92. The van der Waals surface area contributed by atoms with E-state index in [2.05, 4.69) is 11.1 Å². The van der Waals surface area contributed by atoms with E-state index < -0.39 is 0 Å². The molecule has 0 amide bonds. The van der Waals surface area contributed by atoms with Crippen LogP contribution in [0.3, 0.4) is 0 Å². The van der Waals surface area contributed by atoms with Gasteiger partial charge in [-0.1, -0.05) is 42.5 Å². The van der Waals surface area contributed by atoms with Gasteiger partial charge in [0.2, 0.25) is 5.65 Å². The molecule has 0 saturated carbocycles. The van der Waals surface area contributed by atoms with Crippen molar-refractivity contribution in [2.24, 2.45) is 0 Å². The number of aromatic nitrogens is 3. The molecule has 0 atom stereocenters. The Bertz CT molecular complexity index is 1080. The summed E-state index contributed by atoms with van der Waals surface area (Å²) in [4.78, 5) is 9.08. The maximum Gasteiger partial charge on any atom is 0.258 e. The van der Waals surface area contributed by atoms with Crippen LogP contribution in [0.15, 0.2) is 67.0 Å². The second-order valence-electron chi connectivity index (χ2n) is 5.49. The molecular formula is C20H14N4O. The lowest BCUT2D eigenvalue weighted by Crippen LogP contribution is -2.02. The van der Waals surface area contributed by atoms with Crippen molar-refractivity contribution in [3.05, 3.63) is 72.6 Å². The van der Waals surface area contributed by atoms with Crippen LogP contribution < -0.4 is 4.74 Å². The monoisotopic (exact) mass is 326 g/mol. The van der Waals surface area contributed by atoms with Crippen molar-refractivity contribution in [3.63, 3.8) is 0 Å². The van der Waals surface area contributed by atoms with Crippen LogP contribution in [0.2, 0.25) is 0 Å². The maximum absolute atomic E-state index is 9.03. The summed E-state index contributed by atoms with van der Waals surface area (Å²) in [5.74, 6) is 0.462. The molecule has 0 fully saturated rings. The molecule has 2 aromatic carbocycles. The Labute approximate surface area is 144 Å². The van der Waals surface area contributed by atoms with Crippen molar-refractivity contribution >= 4 is 5.65 Å². The highest BCUT2D eigenvalue weighted by Crippen LogP contribution is 2.34. The van der Waals surface area contributed by atoms with E-state index >= 15 is 0 Å². The van der Waals surface area contributed by atoms with Crippen molar-refractivity contribution in [1.29, 1.82) is 5.26 Å². The third-order valence-corrected chi connectivity index (χ3v) is 4.04. The van der Waals surface area contributed by atoms with Gasteiger partial charge in [-0.2, -0.15) is 5.26 Å². The molecule has 4 aromatic rings. The summed E-state index contributed by atoms with van der Waals surface area (Å²) < 4.78 is 7.42. The third kappa shape index (κ3) is 2.50. The summed E-state index contributed by atoms with van der Waals surface area (Å²) in [6, 6.07) is 19.5. The highest BCUT2D eigenvalue weighted by atomic mass is 16.5. The Morgan fingerprint density at radius 3 is 2.44 bits per heavy atom. The number of ether oxygens (including phenoxy) is 1. The Kier molecular flexibility index (Phi) is 3.64. The Balaban J connectivity index is 2.06. The van der Waals surface area contributed by atoms with Gasteiger partial charge >= 0.3 is 0 Å². The minimum atomic E-state index is 0.462. The minimum absolute atomic E-state index is 0.462. The summed E-state index contributed by atoms with van der Waals surface area (Å²) in [5, 5.41) is 9.03. The number of nitrogens with zero attached hydrogens (tertiary/aromatic N) is 4. The van der Waals surface area contributed by atoms with Gasteiger partial charge in [0.1, 0.15) is 0 Å². The van der Waals surface area contributed by atoms with Gasteiger partial charge in [0.25, 0.3) is 5.88 Å². The smallest absolute Gasteiger partial charge is 0.258 e. The lowest BCUT2D eigenvalue weighted by atomic mass is 10.0. The molecule has 5 nitrogen and oxygen atoms in total. The quantitative estimate of drug-likeness (QED) is 0.572. The first-order chi connectivity index (χ1) is 12.3. The predicted molar refractivity (Wildman–Crippen MR) is 95.1 cm³/mol. The SMILES string of the molecule is COc1nc(-c2ccc(C#N)cc2)c(-c2ccccc2)n2ccnc12. The average Bonchev–Trinajstić information content (AvgIpc) is 3.17. The van der Waals surface area contributed by atoms with Crippen LogP contribution in [0.5, 0.6) is 5.88 Å². The van der Waals surface area contributed by atoms with Crippen LogP contribution in [0.25, 0.3) is 28.2 Å².